The first-order valence-corrected chi connectivity index (χ1v) is 6.65. The van der Waals surface area contributed by atoms with E-state index in [0.29, 0.717) is 6.42 Å². The van der Waals surface area contributed by atoms with Crippen molar-refractivity contribution in [2.24, 2.45) is 0 Å². The van der Waals surface area contributed by atoms with Crippen LogP contribution in [0.25, 0.3) is 0 Å². The van der Waals surface area contributed by atoms with Crippen LogP contribution in [0.1, 0.15) is 22.8 Å². The summed E-state index contributed by atoms with van der Waals surface area (Å²) in [4.78, 5) is 0. The van der Waals surface area contributed by atoms with Crippen molar-refractivity contribution in [3.63, 3.8) is 0 Å². The van der Waals surface area contributed by atoms with Gasteiger partial charge in [0.2, 0.25) is 0 Å². The second kappa shape index (κ2) is 6.25. The molecule has 2 aromatic rings. The molecular formula is C16H16ClFO2. The molecule has 0 radical (unpaired) electrons. The summed E-state index contributed by atoms with van der Waals surface area (Å²) in [7, 11) is 1.61. The monoisotopic (exact) mass is 294 g/mol. The quantitative estimate of drug-likeness (QED) is 0.921. The molecule has 0 heterocycles. The fraction of sp³-hybridized carbons (Fsp3) is 0.250. The van der Waals surface area contributed by atoms with Gasteiger partial charge in [-0.2, -0.15) is 0 Å². The normalized spacial score (nSPS) is 12.2. The smallest absolute Gasteiger partial charge is 0.141 e. The predicted octanol–water partition coefficient (Wildman–Crippen LogP) is 4.07. The van der Waals surface area contributed by atoms with Crippen molar-refractivity contribution >= 4 is 11.6 Å². The predicted molar refractivity (Wildman–Crippen MR) is 77.8 cm³/mol. The standard InChI is InChI=1S/C16H16ClFO2/c1-10-7-12(4-6-16(10)20-2)15(19)9-11-3-5-14(18)13(17)8-11/h3-8,15,19H,9H2,1-2H3. The summed E-state index contributed by atoms with van der Waals surface area (Å²) in [5, 5.41) is 10.3. The molecule has 0 aliphatic heterocycles. The second-order valence-electron chi connectivity index (χ2n) is 4.70. The lowest BCUT2D eigenvalue weighted by molar-refractivity contribution is 0.178. The number of hydrogen-bond donors (Lipinski definition) is 1. The van der Waals surface area contributed by atoms with E-state index in [1.165, 1.54) is 12.1 Å². The molecule has 1 unspecified atom stereocenters. The lowest BCUT2D eigenvalue weighted by atomic mass is 9.99. The molecule has 1 N–H and O–H groups in total. The Bertz CT molecular complexity index is 613. The first-order valence-electron chi connectivity index (χ1n) is 6.28. The highest BCUT2D eigenvalue weighted by Crippen LogP contribution is 2.26. The molecule has 20 heavy (non-hydrogen) atoms. The van der Waals surface area contributed by atoms with Crippen LogP contribution in [0.4, 0.5) is 4.39 Å². The van der Waals surface area contributed by atoms with Gasteiger partial charge < -0.3 is 9.84 Å². The molecule has 0 aliphatic carbocycles. The zero-order valence-electron chi connectivity index (χ0n) is 11.4. The summed E-state index contributed by atoms with van der Waals surface area (Å²) in [6, 6.07) is 10.0. The largest absolute Gasteiger partial charge is 0.496 e. The van der Waals surface area contributed by atoms with E-state index in [1.54, 1.807) is 13.2 Å². The lowest BCUT2D eigenvalue weighted by Crippen LogP contribution is -2.03. The Morgan fingerprint density at radius 3 is 2.60 bits per heavy atom. The van der Waals surface area contributed by atoms with E-state index in [2.05, 4.69) is 0 Å². The Morgan fingerprint density at radius 2 is 2.00 bits per heavy atom. The van der Waals surface area contributed by atoms with Crippen molar-refractivity contribution in [3.05, 3.63) is 63.9 Å². The second-order valence-corrected chi connectivity index (χ2v) is 5.10. The first-order chi connectivity index (χ1) is 9.51. The molecule has 1 atom stereocenters. The van der Waals surface area contributed by atoms with Gasteiger partial charge in [-0.1, -0.05) is 23.7 Å². The number of aliphatic hydroxyl groups excluding tert-OH is 1. The van der Waals surface area contributed by atoms with E-state index >= 15 is 0 Å². The van der Waals surface area contributed by atoms with E-state index in [0.717, 1.165) is 22.4 Å². The zero-order valence-corrected chi connectivity index (χ0v) is 12.1. The minimum Gasteiger partial charge on any atom is -0.496 e. The average Bonchev–Trinajstić information content (AvgIpc) is 2.42. The van der Waals surface area contributed by atoms with E-state index in [9.17, 15) is 9.50 Å². The van der Waals surface area contributed by atoms with Crippen LogP contribution < -0.4 is 4.74 Å². The highest BCUT2D eigenvalue weighted by Gasteiger charge is 2.11. The van der Waals surface area contributed by atoms with Gasteiger partial charge >= 0.3 is 0 Å². The Hall–Kier alpha value is -1.58. The fourth-order valence-corrected chi connectivity index (χ4v) is 2.32. The molecule has 2 nitrogen and oxygen atoms in total. The van der Waals surface area contributed by atoms with Crippen molar-refractivity contribution in [2.75, 3.05) is 7.11 Å². The van der Waals surface area contributed by atoms with E-state index in [1.807, 2.05) is 25.1 Å². The maximum atomic E-state index is 13.1. The summed E-state index contributed by atoms with van der Waals surface area (Å²) in [6.45, 7) is 1.92. The third-order valence-corrected chi connectivity index (χ3v) is 3.51. The molecule has 0 spiro atoms. The number of aryl methyl sites for hydroxylation is 1. The Labute approximate surface area is 122 Å². The highest BCUT2D eigenvalue weighted by molar-refractivity contribution is 6.30. The van der Waals surface area contributed by atoms with Crippen LogP contribution in [0.5, 0.6) is 5.75 Å². The van der Waals surface area contributed by atoms with Gasteiger partial charge in [-0.25, -0.2) is 4.39 Å². The van der Waals surface area contributed by atoms with Crippen LogP contribution in [-0.2, 0) is 6.42 Å². The van der Waals surface area contributed by atoms with Crippen molar-refractivity contribution in [2.45, 2.75) is 19.4 Å². The minimum absolute atomic E-state index is 0.0700. The van der Waals surface area contributed by atoms with E-state index < -0.39 is 11.9 Å². The number of aliphatic hydroxyl groups is 1. The van der Waals surface area contributed by atoms with Crippen LogP contribution >= 0.6 is 11.6 Å². The molecule has 2 rings (SSSR count). The van der Waals surface area contributed by atoms with Gasteiger partial charge in [0.25, 0.3) is 0 Å². The van der Waals surface area contributed by atoms with Crippen LogP contribution in [0, 0.1) is 12.7 Å². The van der Waals surface area contributed by atoms with Crippen LogP contribution in [0.2, 0.25) is 5.02 Å². The summed E-state index contributed by atoms with van der Waals surface area (Å²) < 4.78 is 18.3. The van der Waals surface area contributed by atoms with Gasteiger partial charge in [-0.05, 0) is 47.9 Å². The Morgan fingerprint density at radius 1 is 1.25 bits per heavy atom. The van der Waals surface area contributed by atoms with Gasteiger partial charge in [-0.3, -0.25) is 0 Å². The maximum Gasteiger partial charge on any atom is 0.141 e. The zero-order chi connectivity index (χ0) is 14.7. The van der Waals surface area contributed by atoms with Gasteiger partial charge in [0.15, 0.2) is 0 Å². The van der Waals surface area contributed by atoms with Gasteiger partial charge in [-0.15, -0.1) is 0 Å². The Balaban J connectivity index is 2.17. The van der Waals surface area contributed by atoms with Crippen LogP contribution in [-0.4, -0.2) is 12.2 Å². The molecule has 106 valence electrons. The summed E-state index contributed by atoms with van der Waals surface area (Å²) in [5.74, 6) is 0.330. The summed E-state index contributed by atoms with van der Waals surface area (Å²) >= 11 is 5.73. The van der Waals surface area contributed by atoms with Crippen LogP contribution in [0.15, 0.2) is 36.4 Å². The van der Waals surface area contributed by atoms with Crippen molar-refractivity contribution in [3.8, 4) is 5.75 Å². The van der Waals surface area contributed by atoms with Crippen molar-refractivity contribution in [1.82, 2.24) is 0 Å². The number of hydrogen-bond acceptors (Lipinski definition) is 2. The molecule has 0 bridgehead atoms. The minimum atomic E-state index is -0.666. The SMILES string of the molecule is COc1ccc(C(O)Cc2ccc(F)c(Cl)c2)cc1C. The van der Waals surface area contributed by atoms with Crippen LogP contribution in [0.3, 0.4) is 0 Å². The number of benzene rings is 2. The molecule has 0 saturated heterocycles. The number of halogens is 2. The Kier molecular flexibility index (Phi) is 4.63. The molecular weight excluding hydrogens is 279 g/mol. The number of ether oxygens (including phenoxy) is 1. The first kappa shape index (κ1) is 14.8. The van der Waals surface area contributed by atoms with Crippen molar-refractivity contribution in [1.29, 1.82) is 0 Å². The molecule has 0 aliphatic rings. The third-order valence-electron chi connectivity index (χ3n) is 3.22. The van der Waals surface area contributed by atoms with Gasteiger partial charge in [0.05, 0.1) is 18.2 Å². The van der Waals surface area contributed by atoms with Gasteiger partial charge in [0, 0.05) is 6.42 Å². The average molecular weight is 295 g/mol. The molecule has 0 amide bonds. The third kappa shape index (κ3) is 3.30. The summed E-state index contributed by atoms with van der Waals surface area (Å²) in [5.41, 5.74) is 2.54. The molecule has 0 aromatic heterocycles. The molecule has 0 saturated carbocycles. The molecule has 4 heteroatoms. The number of rotatable bonds is 4. The molecule has 2 aromatic carbocycles. The van der Waals surface area contributed by atoms with E-state index in [-0.39, 0.29) is 5.02 Å². The highest BCUT2D eigenvalue weighted by atomic mass is 35.5. The van der Waals surface area contributed by atoms with Crippen molar-refractivity contribution < 1.29 is 14.2 Å². The fourth-order valence-electron chi connectivity index (χ4n) is 2.12. The van der Waals surface area contributed by atoms with Gasteiger partial charge in [0.1, 0.15) is 11.6 Å². The molecule has 0 fully saturated rings. The topological polar surface area (TPSA) is 29.5 Å². The lowest BCUT2D eigenvalue weighted by Gasteiger charge is -2.14. The number of methoxy groups -OCH3 is 1. The summed E-state index contributed by atoms with van der Waals surface area (Å²) in [6.07, 6.45) is -0.285. The maximum absolute atomic E-state index is 13.1. The van der Waals surface area contributed by atoms with E-state index in [4.69, 9.17) is 16.3 Å².